The van der Waals surface area contributed by atoms with E-state index in [4.69, 9.17) is 104 Å². The van der Waals surface area contributed by atoms with Crippen LogP contribution in [0.3, 0.4) is 0 Å². The van der Waals surface area contributed by atoms with Crippen LogP contribution >= 0.6 is 104 Å². The van der Waals surface area contributed by atoms with E-state index in [-0.39, 0.29) is 11.8 Å². The van der Waals surface area contributed by atoms with E-state index in [0.29, 0.717) is 0 Å². The molecule has 0 spiro atoms. The second-order valence-corrected chi connectivity index (χ2v) is 9.33. The van der Waals surface area contributed by atoms with Crippen molar-refractivity contribution in [1.82, 2.24) is 0 Å². The lowest BCUT2D eigenvalue weighted by atomic mass is 9.69. The molecule has 3 unspecified atom stereocenters. The minimum Gasteiger partial charge on any atom is -0.126 e. The van der Waals surface area contributed by atoms with Gasteiger partial charge in [0.05, 0.1) is 21.5 Å². The molecular formula is C10H9Cl9. The van der Waals surface area contributed by atoms with Crippen molar-refractivity contribution in [2.24, 2.45) is 16.7 Å². The molecule has 0 aromatic heterocycles. The summed E-state index contributed by atoms with van der Waals surface area (Å²) < 4.78 is 0. The maximum absolute atomic E-state index is 6.46. The zero-order valence-corrected chi connectivity index (χ0v) is 16.0. The predicted molar refractivity (Wildman–Crippen MR) is 88.6 cm³/mol. The monoisotopic (exact) mass is 444 g/mol. The third-order valence-electron chi connectivity index (χ3n) is 4.53. The Labute approximate surface area is 157 Å². The normalized spacial score (nSPS) is 53.5. The third-order valence-corrected chi connectivity index (χ3v) is 9.04. The molecule has 2 bridgehead atoms. The van der Waals surface area contributed by atoms with Gasteiger partial charge in [0.2, 0.25) is 0 Å². The van der Waals surface area contributed by atoms with Gasteiger partial charge in [-0.25, -0.2) is 0 Å². The Morgan fingerprint density at radius 3 is 1.42 bits per heavy atom. The highest BCUT2D eigenvalue weighted by Gasteiger charge is 2.82. The van der Waals surface area contributed by atoms with Gasteiger partial charge in [0.1, 0.15) is 9.67 Å². The molecule has 2 aliphatic rings. The summed E-state index contributed by atoms with van der Waals surface area (Å²) in [5.74, 6) is -0.289. The lowest BCUT2D eigenvalue weighted by Gasteiger charge is -2.47. The van der Waals surface area contributed by atoms with Crippen LogP contribution in [0.2, 0.25) is 0 Å². The first kappa shape index (κ1) is 18.0. The van der Waals surface area contributed by atoms with Crippen LogP contribution in [0, 0.1) is 16.7 Å². The number of fused-ring (bicyclic) bond motifs is 2. The van der Waals surface area contributed by atoms with Crippen LogP contribution in [0.25, 0.3) is 0 Å². The Kier molecular flexibility index (Phi) is 5.59. The Bertz CT molecular complexity index is 343. The predicted octanol–water partition coefficient (Wildman–Crippen LogP) is 5.88. The molecule has 9 heteroatoms. The van der Waals surface area contributed by atoms with E-state index in [0.717, 1.165) is 0 Å². The van der Waals surface area contributed by atoms with Gasteiger partial charge < -0.3 is 0 Å². The first-order chi connectivity index (χ1) is 8.71. The highest BCUT2D eigenvalue weighted by Crippen LogP contribution is 2.76. The van der Waals surface area contributed by atoms with Crippen LogP contribution in [0.1, 0.15) is 0 Å². The molecule has 0 aliphatic heterocycles. The van der Waals surface area contributed by atoms with Crippen LogP contribution < -0.4 is 0 Å². The van der Waals surface area contributed by atoms with E-state index in [1.54, 1.807) is 0 Å². The Balaban J connectivity index is 2.72. The Morgan fingerprint density at radius 1 is 0.789 bits per heavy atom. The fourth-order valence-corrected chi connectivity index (χ4v) is 8.95. The van der Waals surface area contributed by atoms with E-state index in [2.05, 4.69) is 0 Å². The van der Waals surface area contributed by atoms with E-state index in [1.165, 1.54) is 0 Å². The molecule has 0 aromatic rings. The molecular weight excluding hydrogens is 439 g/mol. The highest BCUT2D eigenvalue weighted by atomic mass is 35.5. The molecule has 0 nitrogen and oxygen atoms in total. The Morgan fingerprint density at radius 2 is 1.21 bits per heavy atom. The number of alkyl halides is 9. The van der Waals surface area contributed by atoms with Crippen molar-refractivity contribution in [3.63, 3.8) is 0 Å². The molecule has 0 heterocycles. The lowest BCUT2D eigenvalue weighted by molar-refractivity contribution is 0.147. The molecule has 7 atom stereocenters. The average Bonchev–Trinajstić information content (AvgIpc) is 2.66. The number of halogens is 9. The van der Waals surface area contributed by atoms with Crippen molar-refractivity contribution in [1.29, 1.82) is 0 Å². The number of rotatable bonds is 3. The van der Waals surface area contributed by atoms with Gasteiger partial charge in [0, 0.05) is 22.6 Å². The van der Waals surface area contributed by atoms with Crippen molar-refractivity contribution in [3.05, 3.63) is 0 Å². The summed E-state index contributed by atoms with van der Waals surface area (Å²) in [5.41, 5.74) is -1.97. The fourth-order valence-electron chi connectivity index (χ4n) is 3.63. The molecule has 0 saturated heterocycles. The minimum absolute atomic E-state index is 0.0736. The second kappa shape index (κ2) is 5.91. The molecule has 0 aromatic carbocycles. The minimum atomic E-state index is -1.04. The van der Waals surface area contributed by atoms with Gasteiger partial charge in [-0.15, -0.1) is 104 Å². The smallest absolute Gasteiger partial charge is 0.117 e. The molecule has 112 valence electrons. The molecule has 19 heavy (non-hydrogen) atoms. The molecule has 0 radical (unpaired) electrons. The topological polar surface area (TPSA) is 0 Å². The van der Waals surface area contributed by atoms with Gasteiger partial charge in [0.15, 0.2) is 0 Å². The zero-order chi connectivity index (χ0) is 14.7. The third kappa shape index (κ3) is 1.94. The Hall–Kier alpha value is 2.61. The van der Waals surface area contributed by atoms with Crippen LogP contribution in [-0.4, -0.2) is 37.1 Å². The van der Waals surface area contributed by atoms with Crippen LogP contribution in [0.5, 0.6) is 0 Å². The zero-order valence-electron chi connectivity index (χ0n) is 9.15. The van der Waals surface area contributed by atoms with Crippen molar-refractivity contribution < 1.29 is 0 Å². The average molecular weight is 448 g/mol. The molecule has 2 fully saturated rings. The first-order valence-corrected chi connectivity index (χ1v) is 9.42. The number of hydrogen-bond donors (Lipinski definition) is 0. The lowest BCUT2D eigenvalue weighted by Crippen LogP contribution is -2.55. The van der Waals surface area contributed by atoms with Gasteiger partial charge in [-0.3, -0.25) is 0 Å². The second-order valence-electron chi connectivity index (χ2n) is 4.93. The van der Waals surface area contributed by atoms with E-state index < -0.39 is 42.0 Å². The summed E-state index contributed by atoms with van der Waals surface area (Å²) in [6, 6.07) is 0. The van der Waals surface area contributed by atoms with Gasteiger partial charge in [-0.05, 0) is 0 Å². The van der Waals surface area contributed by atoms with Crippen molar-refractivity contribution in [2.45, 2.75) is 31.2 Å². The van der Waals surface area contributed by atoms with Crippen molar-refractivity contribution >= 4 is 104 Å². The van der Waals surface area contributed by atoms with Gasteiger partial charge in [-0.1, -0.05) is 0 Å². The van der Waals surface area contributed by atoms with Crippen molar-refractivity contribution in [2.75, 3.05) is 5.88 Å². The van der Waals surface area contributed by atoms with E-state index in [9.17, 15) is 0 Å². The summed E-state index contributed by atoms with van der Waals surface area (Å²) >= 11 is 56.7. The summed E-state index contributed by atoms with van der Waals surface area (Å²) in [6.07, 6.45) is 0. The maximum atomic E-state index is 6.46. The quantitative estimate of drug-likeness (QED) is 0.474. The maximum Gasteiger partial charge on any atom is 0.117 e. The van der Waals surface area contributed by atoms with E-state index >= 15 is 0 Å². The van der Waals surface area contributed by atoms with Gasteiger partial charge >= 0.3 is 0 Å². The van der Waals surface area contributed by atoms with Crippen LogP contribution in [0.15, 0.2) is 0 Å². The van der Waals surface area contributed by atoms with Gasteiger partial charge in [0.25, 0.3) is 0 Å². The molecule has 2 rings (SSSR count). The standard InChI is InChI=1S/C10H9Cl9/c11-1-9(7(16)17)2-3(12)5(14)10(9,8(18)19)6(15)4(2)13/h2-8H,1H2/t2?,3-,4-,5-,6+,9?,10?/m1/s1. The fraction of sp³-hybridized carbons (Fsp3) is 1.00. The molecule has 2 saturated carbocycles. The molecule has 0 N–H and O–H groups in total. The van der Waals surface area contributed by atoms with E-state index in [1.807, 2.05) is 0 Å². The van der Waals surface area contributed by atoms with Crippen LogP contribution in [-0.2, 0) is 0 Å². The first-order valence-electron chi connectivity index (χ1n) is 5.39. The summed E-state index contributed by atoms with van der Waals surface area (Å²) in [7, 11) is 0. The summed E-state index contributed by atoms with van der Waals surface area (Å²) in [6.45, 7) is 0. The molecule has 2 aliphatic carbocycles. The SMILES string of the molecule is ClCC1(C(Cl)Cl)C2[C@@H](Cl)[C@@H](Cl)C1(C(Cl)Cl)[C@@H](Cl)[C@@H]2Cl. The molecule has 0 amide bonds. The van der Waals surface area contributed by atoms with Crippen LogP contribution in [0.4, 0.5) is 0 Å². The summed E-state index contributed by atoms with van der Waals surface area (Å²) in [4.78, 5) is -1.82. The highest BCUT2D eigenvalue weighted by molar-refractivity contribution is 6.49. The summed E-state index contributed by atoms with van der Waals surface area (Å²) in [5, 5.41) is -2.23. The van der Waals surface area contributed by atoms with Crippen molar-refractivity contribution in [3.8, 4) is 0 Å². The largest absolute Gasteiger partial charge is 0.126 e. The van der Waals surface area contributed by atoms with Gasteiger partial charge in [-0.2, -0.15) is 0 Å². The number of hydrogen-bond acceptors (Lipinski definition) is 0.